The molecule has 170 valence electrons. The maximum atomic E-state index is 12.3. The molecule has 2 amide bonds. The zero-order valence-electron chi connectivity index (χ0n) is 18.2. The van der Waals surface area contributed by atoms with Gasteiger partial charge in [0.25, 0.3) is 0 Å². The number of rotatable bonds is 10. The van der Waals surface area contributed by atoms with Crippen LogP contribution in [0.4, 0.5) is 4.79 Å². The van der Waals surface area contributed by atoms with E-state index in [2.05, 4.69) is 22.8 Å². The molecule has 0 saturated carbocycles. The van der Waals surface area contributed by atoms with Crippen molar-refractivity contribution in [3.63, 3.8) is 0 Å². The third-order valence-electron chi connectivity index (χ3n) is 5.44. The first kappa shape index (κ1) is 23.7. The Morgan fingerprint density at radius 3 is 2.19 bits per heavy atom. The van der Waals surface area contributed by atoms with Gasteiger partial charge in [0, 0.05) is 18.4 Å². The van der Waals surface area contributed by atoms with E-state index in [0.29, 0.717) is 12.2 Å². The minimum atomic E-state index is -1.07. The summed E-state index contributed by atoms with van der Waals surface area (Å²) in [5, 5.41) is 14.4. The third-order valence-corrected chi connectivity index (χ3v) is 6.09. The van der Waals surface area contributed by atoms with Crippen molar-refractivity contribution in [1.82, 2.24) is 10.6 Å². The Morgan fingerprint density at radius 1 is 1.03 bits per heavy atom. The summed E-state index contributed by atoms with van der Waals surface area (Å²) in [6, 6.07) is 14.7. The summed E-state index contributed by atoms with van der Waals surface area (Å²) in [6.07, 6.45) is 1.58. The minimum absolute atomic E-state index is 0.0345. The van der Waals surface area contributed by atoms with E-state index < -0.39 is 30.1 Å². The molecule has 3 rings (SSSR count). The predicted octanol–water partition coefficient (Wildman–Crippen LogP) is 3.63. The molecule has 0 unspecified atom stereocenters. The molecule has 0 saturated heterocycles. The summed E-state index contributed by atoms with van der Waals surface area (Å²) in [7, 11) is 0. The molecule has 0 aliphatic heterocycles. The highest BCUT2D eigenvalue weighted by Gasteiger charge is 2.29. The Labute approximate surface area is 191 Å². The van der Waals surface area contributed by atoms with Gasteiger partial charge in [-0.25, -0.2) is 9.59 Å². The van der Waals surface area contributed by atoms with Crippen molar-refractivity contribution < 1.29 is 24.2 Å². The van der Waals surface area contributed by atoms with Crippen molar-refractivity contribution in [2.24, 2.45) is 0 Å². The van der Waals surface area contributed by atoms with Crippen LogP contribution >= 0.6 is 11.8 Å². The molecule has 3 N–H and O–H groups in total. The van der Waals surface area contributed by atoms with Crippen LogP contribution in [-0.4, -0.2) is 53.8 Å². The van der Waals surface area contributed by atoms with Crippen LogP contribution in [-0.2, 0) is 14.3 Å². The highest BCUT2D eigenvalue weighted by molar-refractivity contribution is 7.98. The Bertz CT molecular complexity index is 935. The van der Waals surface area contributed by atoms with Gasteiger partial charge in [-0.05, 0) is 47.6 Å². The lowest BCUT2D eigenvalue weighted by Crippen LogP contribution is -2.44. The Kier molecular flexibility index (Phi) is 8.16. The van der Waals surface area contributed by atoms with E-state index in [4.69, 9.17) is 4.74 Å². The monoisotopic (exact) mass is 456 g/mol. The lowest BCUT2D eigenvalue weighted by atomic mass is 9.98. The molecule has 0 heterocycles. The normalized spacial score (nSPS) is 14.1. The Morgan fingerprint density at radius 2 is 1.62 bits per heavy atom. The van der Waals surface area contributed by atoms with E-state index in [1.807, 2.05) is 42.7 Å². The fourth-order valence-electron chi connectivity index (χ4n) is 3.92. The lowest BCUT2D eigenvalue weighted by molar-refractivity contribution is -0.141. The SMILES string of the molecule is CSCC[C@@H](NC(=O)C[C@@H](C)NC(=O)OCC1c2ccccc2-c2ccccc21)C(=O)O. The highest BCUT2D eigenvalue weighted by Crippen LogP contribution is 2.44. The zero-order valence-corrected chi connectivity index (χ0v) is 19.0. The van der Waals surface area contributed by atoms with Crippen molar-refractivity contribution in [3.05, 3.63) is 59.7 Å². The maximum absolute atomic E-state index is 12.3. The topological polar surface area (TPSA) is 105 Å². The smallest absolute Gasteiger partial charge is 0.407 e. The van der Waals surface area contributed by atoms with E-state index in [1.54, 1.807) is 6.92 Å². The first-order valence-corrected chi connectivity index (χ1v) is 11.9. The molecule has 8 heteroatoms. The van der Waals surface area contributed by atoms with E-state index in [1.165, 1.54) is 11.8 Å². The molecule has 0 fully saturated rings. The van der Waals surface area contributed by atoms with Gasteiger partial charge in [-0.1, -0.05) is 48.5 Å². The number of thioether (sulfide) groups is 1. The second kappa shape index (κ2) is 11.0. The number of fused-ring (bicyclic) bond motifs is 3. The number of alkyl carbamates (subject to hydrolysis) is 1. The second-order valence-corrected chi connectivity index (χ2v) is 8.80. The quantitative estimate of drug-likeness (QED) is 0.504. The van der Waals surface area contributed by atoms with Gasteiger partial charge >= 0.3 is 12.1 Å². The number of carboxylic acid groups (broad SMARTS) is 1. The molecule has 0 radical (unpaired) electrons. The molecule has 1 aliphatic carbocycles. The average molecular weight is 457 g/mol. The van der Waals surface area contributed by atoms with Crippen molar-refractivity contribution in [2.75, 3.05) is 18.6 Å². The number of hydrogen-bond donors (Lipinski definition) is 3. The number of carbonyl (C=O) groups is 3. The van der Waals surface area contributed by atoms with Gasteiger partial charge in [0.05, 0.1) is 0 Å². The minimum Gasteiger partial charge on any atom is -0.480 e. The van der Waals surface area contributed by atoms with Crippen LogP contribution < -0.4 is 10.6 Å². The fraction of sp³-hybridized carbons (Fsp3) is 0.375. The van der Waals surface area contributed by atoms with E-state index >= 15 is 0 Å². The van der Waals surface area contributed by atoms with Crippen molar-refractivity contribution in [1.29, 1.82) is 0 Å². The molecule has 0 aromatic heterocycles. The van der Waals surface area contributed by atoms with Gasteiger partial charge in [0.2, 0.25) is 5.91 Å². The molecule has 0 spiro atoms. The largest absolute Gasteiger partial charge is 0.480 e. The summed E-state index contributed by atoms with van der Waals surface area (Å²) in [5.41, 5.74) is 4.55. The van der Waals surface area contributed by atoms with Crippen molar-refractivity contribution >= 4 is 29.7 Å². The number of ether oxygens (including phenoxy) is 1. The summed E-state index contributed by atoms with van der Waals surface area (Å²) in [4.78, 5) is 35.8. The van der Waals surface area contributed by atoms with Gasteiger partial charge in [-0.2, -0.15) is 11.8 Å². The van der Waals surface area contributed by atoms with Gasteiger partial charge < -0.3 is 20.5 Å². The second-order valence-electron chi connectivity index (χ2n) is 7.81. The van der Waals surface area contributed by atoms with Gasteiger partial charge in [0.1, 0.15) is 12.6 Å². The number of benzene rings is 2. The third kappa shape index (κ3) is 5.82. The summed E-state index contributed by atoms with van der Waals surface area (Å²) in [5.74, 6) is -0.904. The predicted molar refractivity (Wildman–Crippen MR) is 125 cm³/mol. The number of carbonyl (C=O) groups excluding carboxylic acids is 2. The molecular formula is C24H28N2O5S. The molecular weight excluding hydrogens is 428 g/mol. The maximum Gasteiger partial charge on any atom is 0.407 e. The lowest BCUT2D eigenvalue weighted by Gasteiger charge is -2.18. The fourth-order valence-corrected chi connectivity index (χ4v) is 4.39. The molecule has 2 aromatic rings. The average Bonchev–Trinajstić information content (AvgIpc) is 3.08. The Hall–Kier alpha value is -3.00. The van der Waals surface area contributed by atoms with Crippen LogP contribution in [0.5, 0.6) is 0 Å². The summed E-state index contributed by atoms with van der Waals surface area (Å²) < 4.78 is 5.49. The first-order chi connectivity index (χ1) is 15.4. The van der Waals surface area contributed by atoms with Gasteiger partial charge in [0.15, 0.2) is 0 Å². The number of amides is 2. The molecule has 32 heavy (non-hydrogen) atoms. The molecule has 0 bridgehead atoms. The van der Waals surface area contributed by atoms with Crippen LogP contribution in [0.25, 0.3) is 11.1 Å². The standard InChI is InChI=1S/C24H28N2O5S/c1-15(13-22(27)26-21(23(28)29)11-12-32-2)25-24(30)31-14-20-18-9-5-3-7-16(18)17-8-4-6-10-19(17)20/h3-10,15,20-21H,11-14H2,1-2H3,(H,25,30)(H,26,27)(H,28,29)/t15-,21-/m1/s1. The zero-order chi connectivity index (χ0) is 23.1. The molecule has 2 atom stereocenters. The van der Waals surface area contributed by atoms with Crippen molar-refractivity contribution in [2.45, 2.75) is 37.8 Å². The van der Waals surface area contributed by atoms with Crippen LogP contribution in [0.3, 0.4) is 0 Å². The molecule has 1 aliphatic rings. The number of nitrogens with one attached hydrogen (secondary N) is 2. The summed E-state index contributed by atoms with van der Waals surface area (Å²) in [6.45, 7) is 1.87. The van der Waals surface area contributed by atoms with E-state index in [9.17, 15) is 19.5 Å². The van der Waals surface area contributed by atoms with Crippen LogP contribution in [0.2, 0.25) is 0 Å². The highest BCUT2D eigenvalue weighted by atomic mass is 32.2. The van der Waals surface area contributed by atoms with Crippen LogP contribution in [0.1, 0.15) is 36.8 Å². The van der Waals surface area contributed by atoms with Crippen molar-refractivity contribution in [3.8, 4) is 11.1 Å². The van der Waals surface area contributed by atoms with Crippen LogP contribution in [0, 0.1) is 0 Å². The van der Waals surface area contributed by atoms with E-state index in [-0.39, 0.29) is 18.9 Å². The first-order valence-electron chi connectivity index (χ1n) is 10.5. The number of hydrogen-bond acceptors (Lipinski definition) is 5. The van der Waals surface area contributed by atoms with Crippen LogP contribution in [0.15, 0.2) is 48.5 Å². The summed E-state index contributed by atoms with van der Waals surface area (Å²) >= 11 is 1.52. The number of aliphatic carboxylic acids is 1. The van der Waals surface area contributed by atoms with Gasteiger partial charge in [-0.15, -0.1) is 0 Å². The molecule has 2 aromatic carbocycles. The van der Waals surface area contributed by atoms with Gasteiger partial charge in [-0.3, -0.25) is 4.79 Å². The molecule has 7 nitrogen and oxygen atoms in total. The van der Waals surface area contributed by atoms with E-state index in [0.717, 1.165) is 22.3 Å². The number of carboxylic acids is 1. The Balaban J connectivity index is 1.51.